The van der Waals surface area contributed by atoms with Crippen LogP contribution in [0.3, 0.4) is 0 Å². The van der Waals surface area contributed by atoms with Crippen molar-refractivity contribution in [1.29, 1.82) is 0 Å². The molecule has 0 radical (unpaired) electrons. The molecule has 142 valence electrons. The summed E-state index contributed by atoms with van der Waals surface area (Å²) < 4.78 is 0. The van der Waals surface area contributed by atoms with Gasteiger partial charge in [0.1, 0.15) is 0 Å². The number of nitro benzene ring substituents is 1. The van der Waals surface area contributed by atoms with Gasteiger partial charge in [0.25, 0.3) is 5.69 Å². The summed E-state index contributed by atoms with van der Waals surface area (Å²) in [6.07, 6.45) is 0. The fourth-order valence-corrected chi connectivity index (χ4v) is 2.60. The Morgan fingerprint density at radius 1 is 0.893 bits per heavy atom. The maximum atomic E-state index is 10.9. The molecule has 0 unspecified atom stereocenters. The zero-order chi connectivity index (χ0) is 20.4. The van der Waals surface area contributed by atoms with Gasteiger partial charge in [0.2, 0.25) is 0 Å². The fourth-order valence-electron chi connectivity index (χ4n) is 2.34. The molecule has 0 saturated heterocycles. The molecular weight excluding hydrogens is 409 g/mol. The van der Waals surface area contributed by atoms with E-state index in [1.807, 2.05) is 25.1 Å². The Morgan fingerprint density at radius 3 is 2.14 bits per heavy atom. The molecule has 0 aliphatic rings. The number of hydrogen-bond acceptors (Lipinski definition) is 6. The zero-order valence-electron chi connectivity index (χ0n) is 14.2. The van der Waals surface area contributed by atoms with Crippen molar-refractivity contribution < 1.29 is 4.92 Å². The molecule has 4 rings (SSSR count). The van der Waals surface area contributed by atoms with Crippen LogP contribution in [-0.4, -0.2) is 24.9 Å². The monoisotopic (exact) mass is 419 g/mol. The Kier molecular flexibility index (Phi) is 5.39. The first-order chi connectivity index (χ1) is 13.2. The summed E-state index contributed by atoms with van der Waals surface area (Å²) in [6, 6.07) is 9.56. The molecule has 2 aromatic carbocycles. The Balaban J connectivity index is 0.000000162. The van der Waals surface area contributed by atoms with Crippen molar-refractivity contribution in [2.75, 3.05) is 0 Å². The predicted octanol–water partition coefficient (Wildman–Crippen LogP) is 3.37. The second-order valence-corrected chi connectivity index (χ2v) is 6.41. The third-order valence-corrected chi connectivity index (χ3v) is 4.28. The van der Waals surface area contributed by atoms with Crippen molar-refractivity contribution in [3.8, 4) is 0 Å². The van der Waals surface area contributed by atoms with E-state index in [0.717, 1.165) is 16.6 Å². The normalized spacial score (nSPS) is 10.5. The molecule has 9 nitrogen and oxygen atoms in total. The van der Waals surface area contributed by atoms with Crippen molar-refractivity contribution in [2.24, 2.45) is 0 Å². The number of hydrogen-bond donors (Lipinski definition) is 2. The largest absolute Gasteiger partial charge is 0.316 e. The number of aromatic amines is 2. The number of H-pyrrole nitrogens is 2. The van der Waals surface area contributed by atoms with Gasteiger partial charge in [-0.2, -0.15) is 0 Å². The SMILES string of the molecule is Cc1ccc2nc(Cl)c(Cl)nc2c1.O=c1[nH]c2ccc([N+](=O)[O-])cc2[nH]c1=O. The quantitative estimate of drug-likeness (QED) is 0.275. The number of aryl methyl sites for hydroxylation is 1. The average Bonchev–Trinajstić information content (AvgIpc) is 2.64. The second kappa shape index (κ2) is 7.75. The van der Waals surface area contributed by atoms with Crippen LogP contribution in [0.1, 0.15) is 5.56 Å². The molecule has 2 N–H and O–H groups in total. The van der Waals surface area contributed by atoms with Crippen LogP contribution in [0.25, 0.3) is 22.1 Å². The first kappa shape index (κ1) is 19.5. The van der Waals surface area contributed by atoms with Crippen molar-refractivity contribution in [3.05, 3.63) is 83.1 Å². The number of benzene rings is 2. The lowest BCUT2D eigenvalue weighted by molar-refractivity contribution is -0.384. The van der Waals surface area contributed by atoms with Gasteiger partial charge in [-0.1, -0.05) is 29.3 Å². The van der Waals surface area contributed by atoms with Crippen LogP contribution in [0.5, 0.6) is 0 Å². The molecule has 0 aliphatic carbocycles. The number of nitro groups is 1. The third kappa shape index (κ3) is 4.16. The van der Waals surface area contributed by atoms with Crippen LogP contribution in [0.15, 0.2) is 46.0 Å². The summed E-state index contributed by atoms with van der Waals surface area (Å²) in [4.78, 5) is 44.5. The van der Waals surface area contributed by atoms with E-state index < -0.39 is 16.0 Å². The maximum absolute atomic E-state index is 10.9. The molecule has 4 aromatic rings. The number of nitrogens with one attached hydrogen (secondary N) is 2. The Morgan fingerprint density at radius 2 is 1.50 bits per heavy atom. The number of non-ortho nitro benzene ring substituents is 1. The molecular formula is C17H11Cl2N5O4. The molecule has 0 spiro atoms. The van der Waals surface area contributed by atoms with Gasteiger partial charge in [-0.3, -0.25) is 19.7 Å². The van der Waals surface area contributed by atoms with E-state index in [9.17, 15) is 19.7 Å². The summed E-state index contributed by atoms with van der Waals surface area (Å²) in [5.74, 6) is 0. The standard InChI is InChI=1S/C9H6Cl2N2.C8H5N3O4/c1-5-2-3-6-7(4-5)13-9(11)8(10)12-6;12-7-8(13)10-6-3-4(11(14)15)1-2-5(6)9-7/h2-4H,1H3;1-3H,(H,9,12)(H,10,13). The number of aromatic nitrogens is 4. The van der Waals surface area contributed by atoms with E-state index in [0.29, 0.717) is 5.52 Å². The van der Waals surface area contributed by atoms with Crippen LogP contribution < -0.4 is 11.1 Å². The lowest BCUT2D eigenvalue weighted by atomic mass is 10.2. The molecule has 0 bridgehead atoms. The van der Waals surface area contributed by atoms with Gasteiger partial charge in [-0.15, -0.1) is 0 Å². The van der Waals surface area contributed by atoms with Crippen molar-refractivity contribution in [1.82, 2.24) is 19.9 Å². The predicted molar refractivity (Wildman–Crippen MR) is 106 cm³/mol. The highest BCUT2D eigenvalue weighted by Crippen LogP contribution is 2.21. The van der Waals surface area contributed by atoms with Crippen LogP contribution in [0.2, 0.25) is 10.3 Å². The summed E-state index contributed by atoms with van der Waals surface area (Å²) in [5, 5.41) is 10.9. The van der Waals surface area contributed by atoms with Crippen LogP contribution in [0.4, 0.5) is 5.69 Å². The number of nitrogens with zero attached hydrogens (tertiary/aromatic N) is 3. The summed E-state index contributed by atoms with van der Waals surface area (Å²) >= 11 is 11.5. The molecule has 0 atom stereocenters. The van der Waals surface area contributed by atoms with Gasteiger partial charge in [0.05, 0.1) is 27.0 Å². The topological polar surface area (TPSA) is 135 Å². The number of rotatable bonds is 1. The first-order valence-electron chi connectivity index (χ1n) is 7.75. The molecule has 0 aliphatic heterocycles. The van der Waals surface area contributed by atoms with E-state index in [4.69, 9.17) is 23.2 Å². The molecule has 0 amide bonds. The highest BCUT2D eigenvalue weighted by atomic mass is 35.5. The third-order valence-electron chi connectivity index (χ3n) is 3.65. The van der Waals surface area contributed by atoms with Gasteiger partial charge in [-0.25, -0.2) is 9.97 Å². The summed E-state index contributed by atoms with van der Waals surface area (Å²) in [7, 11) is 0. The van der Waals surface area contributed by atoms with Gasteiger partial charge in [0.15, 0.2) is 10.3 Å². The molecule has 2 aromatic heterocycles. The zero-order valence-corrected chi connectivity index (χ0v) is 15.7. The highest BCUT2D eigenvalue weighted by Gasteiger charge is 2.07. The van der Waals surface area contributed by atoms with E-state index in [2.05, 4.69) is 19.9 Å². The minimum absolute atomic E-state index is 0.148. The highest BCUT2D eigenvalue weighted by molar-refractivity contribution is 6.40. The fraction of sp³-hybridized carbons (Fsp3) is 0.0588. The van der Waals surface area contributed by atoms with E-state index in [-0.39, 0.29) is 21.5 Å². The number of fused-ring (bicyclic) bond motifs is 2. The average molecular weight is 420 g/mol. The van der Waals surface area contributed by atoms with Crippen LogP contribution in [-0.2, 0) is 0 Å². The molecule has 11 heteroatoms. The van der Waals surface area contributed by atoms with Crippen molar-refractivity contribution in [2.45, 2.75) is 6.92 Å². The summed E-state index contributed by atoms with van der Waals surface area (Å²) in [6.45, 7) is 1.99. The lowest BCUT2D eigenvalue weighted by Gasteiger charge is -1.99. The Bertz CT molecular complexity index is 1330. The van der Waals surface area contributed by atoms with Crippen LogP contribution in [0, 0.1) is 17.0 Å². The van der Waals surface area contributed by atoms with Gasteiger partial charge >= 0.3 is 11.1 Å². The lowest BCUT2D eigenvalue weighted by Crippen LogP contribution is -2.28. The van der Waals surface area contributed by atoms with Crippen molar-refractivity contribution in [3.63, 3.8) is 0 Å². The Hall–Kier alpha value is -3.30. The maximum Gasteiger partial charge on any atom is 0.314 e. The second-order valence-electron chi connectivity index (χ2n) is 5.69. The van der Waals surface area contributed by atoms with Gasteiger partial charge in [-0.05, 0) is 30.7 Å². The number of halogens is 2. The molecule has 28 heavy (non-hydrogen) atoms. The van der Waals surface area contributed by atoms with Gasteiger partial charge in [0, 0.05) is 12.1 Å². The van der Waals surface area contributed by atoms with Crippen molar-refractivity contribution >= 4 is 51.0 Å². The first-order valence-corrected chi connectivity index (χ1v) is 8.50. The Labute approximate surface area is 166 Å². The van der Waals surface area contributed by atoms with E-state index in [1.54, 1.807) is 0 Å². The molecule has 0 fully saturated rings. The minimum Gasteiger partial charge on any atom is -0.316 e. The van der Waals surface area contributed by atoms with Gasteiger partial charge < -0.3 is 9.97 Å². The molecule has 0 saturated carbocycles. The minimum atomic E-state index is -0.831. The summed E-state index contributed by atoms with van der Waals surface area (Å²) in [5.41, 5.74) is 1.48. The van der Waals surface area contributed by atoms with E-state index in [1.165, 1.54) is 18.2 Å². The van der Waals surface area contributed by atoms with E-state index >= 15 is 0 Å². The molecule has 2 heterocycles. The smallest absolute Gasteiger partial charge is 0.314 e. The van der Waals surface area contributed by atoms with Crippen LogP contribution >= 0.6 is 23.2 Å².